The Morgan fingerprint density at radius 3 is 2.60 bits per heavy atom. The van der Waals surface area contributed by atoms with Crippen molar-refractivity contribution in [3.05, 3.63) is 63.9 Å². The molecule has 0 aliphatic rings. The van der Waals surface area contributed by atoms with Gasteiger partial charge in [-0.05, 0) is 46.2 Å². The number of rotatable bonds is 5. The van der Waals surface area contributed by atoms with Gasteiger partial charge in [0.05, 0.1) is 17.6 Å². The fraction of sp³-hybridized carbons (Fsp3) is 0.250. The summed E-state index contributed by atoms with van der Waals surface area (Å²) in [6.07, 6.45) is 0. The molecule has 2 nitrogen and oxygen atoms in total. The van der Waals surface area contributed by atoms with E-state index < -0.39 is 0 Å². The highest BCUT2D eigenvalue weighted by Gasteiger charge is 2.17. The summed E-state index contributed by atoms with van der Waals surface area (Å²) in [5, 5.41) is 3.32. The Morgan fingerprint density at radius 2 is 2.00 bits per heavy atom. The molecule has 0 heterocycles. The number of hydrogen-bond donors (Lipinski definition) is 1. The smallest absolute Gasteiger partial charge is 0.133 e. The van der Waals surface area contributed by atoms with Crippen molar-refractivity contribution in [3.8, 4) is 5.75 Å². The first-order chi connectivity index (χ1) is 9.67. The molecule has 106 valence electrons. The Bertz CT molecular complexity index is 588. The number of benzene rings is 2. The van der Waals surface area contributed by atoms with Gasteiger partial charge in [0.15, 0.2) is 0 Å². The van der Waals surface area contributed by atoms with Gasteiger partial charge in [0.25, 0.3) is 0 Å². The molecule has 0 spiro atoms. The highest BCUT2D eigenvalue weighted by atomic mass is 79.9. The molecule has 1 atom stereocenters. The molecule has 2 aromatic rings. The van der Waals surface area contributed by atoms with Crippen molar-refractivity contribution in [1.29, 1.82) is 0 Å². The number of methoxy groups -OCH3 is 1. The van der Waals surface area contributed by atoms with Gasteiger partial charge in [0, 0.05) is 5.56 Å². The summed E-state index contributed by atoms with van der Waals surface area (Å²) in [7, 11) is 1.62. The second kappa shape index (κ2) is 6.86. The van der Waals surface area contributed by atoms with Crippen molar-refractivity contribution < 1.29 is 9.13 Å². The van der Waals surface area contributed by atoms with Crippen LogP contribution in [-0.2, 0) is 0 Å². The zero-order valence-corrected chi connectivity index (χ0v) is 13.1. The normalized spacial score (nSPS) is 12.2. The summed E-state index contributed by atoms with van der Waals surface area (Å²) in [4.78, 5) is 0. The lowest BCUT2D eigenvalue weighted by Gasteiger charge is -2.20. The van der Waals surface area contributed by atoms with Crippen molar-refractivity contribution in [2.75, 3.05) is 13.7 Å². The molecular formula is C16H17BrFNO. The van der Waals surface area contributed by atoms with E-state index in [1.165, 1.54) is 6.07 Å². The van der Waals surface area contributed by atoms with E-state index in [0.717, 1.165) is 22.3 Å². The van der Waals surface area contributed by atoms with Gasteiger partial charge in [-0.15, -0.1) is 0 Å². The van der Waals surface area contributed by atoms with Crippen LogP contribution in [0.2, 0.25) is 0 Å². The molecule has 0 aromatic heterocycles. The van der Waals surface area contributed by atoms with Gasteiger partial charge >= 0.3 is 0 Å². The Labute approximate surface area is 127 Å². The van der Waals surface area contributed by atoms with Gasteiger partial charge in [-0.3, -0.25) is 0 Å². The fourth-order valence-electron chi connectivity index (χ4n) is 2.18. The molecule has 0 saturated heterocycles. The minimum absolute atomic E-state index is 0.177. The molecule has 0 saturated carbocycles. The van der Waals surface area contributed by atoms with Gasteiger partial charge in [-0.1, -0.05) is 31.2 Å². The molecule has 0 amide bonds. The molecule has 2 rings (SSSR count). The highest BCUT2D eigenvalue weighted by molar-refractivity contribution is 9.10. The zero-order valence-electron chi connectivity index (χ0n) is 11.5. The molecule has 0 aliphatic carbocycles. The minimum atomic E-state index is -0.203. The third-order valence-electron chi connectivity index (χ3n) is 3.13. The number of halogens is 2. The van der Waals surface area contributed by atoms with Crippen LogP contribution in [0.1, 0.15) is 24.1 Å². The second-order valence-corrected chi connectivity index (χ2v) is 5.26. The van der Waals surface area contributed by atoms with Crippen LogP contribution in [0.15, 0.2) is 46.9 Å². The standard InChI is InChI=1S/C16H17BrFNO/c1-3-19-16(12-6-4-5-7-14(12)18)11-8-9-15(20-2)13(17)10-11/h4-10,16,19H,3H2,1-2H3. The molecule has 0 aliphatic heterocycles. The summed E-state index contributed by atoms with van der Waals surface area (Å²) >= 11 is 3.47. The van der Waals surface area contributed by atoms with E-state index in [0.29, 0.717) is 5.56 Å². The third kappa shape index (κ3) is 3.19. The van der Waals surface area contributed by atoms with E-state index in [9.17, 15) is 4.39 Å². The molecule has 20 heavy (non-hydrogen) atoms. The summed E-state index contributed by atoms with van der Waals surface area (Å²) in [6.45, 7) is 2.76. The van der Waals surface area contributed by atoms with Crippen molar-refractivity contribution >= 4 is 15.9 Å². The van der Waals surface area contributed by atoms with Crippen molar-refractivity contribution in [2.24, 2.45) is 0 Å². The van der Waals surface area contributed by atoms with Gasteiger partial charge in [-0.2, -0.15) is 0 Å². The quantitative estimate of drug-likeness (QED) is 0.878. The number of hydrogen-bond acceptors (Lipinski definition) is 2. The van der Waals surface area contributed by atoms with Crippen LogP contribution in [0.3, 0.4) is 0 Å². The lowest BCUT2D eigenvalue weighted by atomic mass is 9.98. The van der Waals surface area contributed by atoms with E-state index in [4.69, 9.17) is 4.74 Å². The van der Waals surface area contributed by atoms with Gasteiger partial charge in [0.1, 0.15) is 11.6 Å². The van der Waals surface area contributed by atoms with E-state index in [2.05, 4.69) is 21.2 Å². The first-order valence-electron chi connectivity index (χ1n) is 6.48. The number of ether oxygens (including phenoxy) is 1. The third-order valence-corrected chi connectivity index (χ3v) is 3.75. The van der Waals surface area contributed by atoms with Crippen molar-refractivity contribution in [1.82, 2.24) is 5.32 Å². The van der Waals surface area contributed by atoms with Crippen molar-refractivity contribution in [3.63, 3.8) is 0 Å². The topological polar surface area (TPSA) is 21.3 Å². The molecule has 4 heteroatoms. The number of nitrogens with one attached hydrogen (secondary N) is 1. The molecule has 0 fully saturated rings. The average molecular weight is 338 g/mol. The molecular weight excluding hydrogens is 321 g/mol. The maximum absolute atomic E-state index is 14.0. The summed E-state index contributed by atoms with van der Waals surface area (Å²) in [6, 6.07) is 12.4. The first-order valence-corrected chi connectivity index (χ1v) is 7.28. The monoisotopic (exact) mass is 337 g/mol. The summed E-state index contributed by atoms with van der Waals surface area (Å²) in [5.74, 6) is 0.558. The van der Waals surface area contributed by atoms with Crippen LogP contribution in [-0.4, -0.2) is 13.7 Å². The minimum Gasteiger partial charge on any atom is -0.496 e. The lowest BCUT2D eigenvalue weighted by Crippen LogP contribution is -2.23. The van der Waals surface area contributed by atoms with Crippen LogP contribution >= 0.6 is 15.9 Å². The molecule has 1 N–H and O–H groups in total. The van der Waals surface area contributed by atoms with Crippen LogP contribution in [0, 0.1) is 5.82 Å². The Hall–Kier alpha value is -1.39. The van der Waals surface area contributed by atoms with E-state index >= 15 is 0 Å². The highest BCUT2D eigenvalue weighted by Crippen LogP contribution is 2.31. The second-order valence-electron chi connectivity index (χ2n) is 4.41. The predicted octanol–water partition coefficient (Wildman–Crippen LogP) is 4.30. The largest absolute Gasteiger partial charge is 0.496 e. The van der Waals surface area contributed by atoms with Gasteiger partial charge in [-0.25, -0.2) is 4.39 Å². The Balaban J connectivity index is 2.43. The van der Waals surface area contributed by atoms with E-state index in [-0.39, 0.29) is 11.9 Å². The SMILES string of the molecule is CCNC(c1ccc(OC)c(Br)c1)c1ccccc1F. The Kier molecular flexibility index (Phi) is 5.15. The predicted molar refractivity (Wildman–Crippen MR) is 82.6 cm³/mol. The molecule has 2 aromatic carbocycles. The van der Waals surface area contributed by atoms with Crippen LogP contribution < -0.4 is 10.1 Å². The maximum Gasteiger partial charge on any atom is 0.133 e. The molecule has 0 bridgehead atoms. The summed E-state index contributed by atoms with van der Waals surface area (Å²) in [5.41, 5.74) is 1.64. The van der Waals surface area contributed by atoms with E-state index in [1.54, 1.807) is 19.2 Å². The first kappa shape index (κ1) is 15.0. The molecule has 1 unspecified atom stereocenters. The molecule has 0 radical (unpaired) electrons. The van der Waals surface area contributed by atoms with Crippen LogP contribution in [0.5, 0.6) is 5.75 Å². The van der Waals surface area contributed by atoms with Crippen LogP contribution in [0.25, 0.3) is 0 Å². The average Bonchev–Trinajstić information content (AvgIpc) is 2.46. The van der Waals surface area contributed by atoms with Gasteiger partial charge in [0.2, 0.25) is 0 Å². The lowest BCUT2D eigenvalue weighted by molar-refractivity contribution is 0.411. The van der Waals surface area contributed by atoms with Gasteiger partial charge < -0.3 is 10.1 Å². The van der Waals surface area contributed by atoms with Crippen LogP contribution in [0.4, 0.5) is 4.39 Å². The fourth-order valence-corrected chi connectivity index (χ4v) is 2.74. The van der Waals surface area contributed by atoms with Crippen molar-refractivity contribution in [2.45, 2.75) is 13.0 Å². The van der Waals surface area contributed by atoms with E-state index in [1.807, 2.05) is 31.2 Å². The maximum atomic E-state index is 14.0. The summed E-state index contributed by atoms with van der Waals surface area (Å²) < 4.78 is 20.1. The zero-order chi connectivity index (χ0) is 14.5. The Morgan fingerprint density at radius 1 is 1.25 bits per heavy atom.